The molecule has 10 nitrogen and oxygen atoms in total. The number of carbonyl (C=O) groups is 1. The smallest absolute Gasteiger partial charge is 0.273 e. The first-order valence-electron chi connectivity index (χ1n) is 9.96. The van der Waals surface area contributed by atoms with E-state index in [0.29, 0.717) is 35.6 Å². The highest BCUT2D eigenvalue weighted by Gasteiger charge is 2.32. The molecule has 0 radical (unpaired) electrons. The molecule has 1 fully saturated rings. The van der Waals surface area contributed by atoms with Crippen LogP contribution < -0.4 is 9.64 Å². The Bertz CT molecular complexity index is 1190. The first-order chi connectivity index (χ1) is 15.0. The standard InChI is InChI=1S/C21H20N6O4/c1-24-8-10-25(11-9-24)19(28)13-26-17-7-6-14(27(29)30)12-18(17)31-21-20(26)22-15-4-2-3-5-16(15)23-21/h2-7,12H,8-11,13H2,1H3. The largest absolute Gasteiger partial charge is 0.433 e. The Morgan fingerprint density at radius 2 is 1.81 bits per heavy atom. The van der Waals surface area contributed by atoms with Crippen molar-refractivity contribution < 1.29 is 14.5 Å². The lowest BCUT2D eigenvalue weighted by Crippen LogP contribution is -2.49. The number of hydrogen-bond donors (Lipinski definition) is 0. The quantitative estimate of drug-likeness (QED) is 0.470. The number of anilines is 2. The molecular formula is C21H20N6O4. The zero-order valence-corrected chi connectivity index (χ0v) is 16.9. The van der Waals surface area contributed by atoms with E-state index in [-0.39, 0.29) is 29.8 Å². The van der Waals surface area contributed by atoms with Crippen molar-refractivity contribution in [2.45, 2.75) is 0 Å². The van der Waals surface area contributed by atoms with Gasteiger partial charge in [-0.25, -0.2) is 9.97 Å². The summed E-state index contributed by atoms with van der Waals surface area (Å²) in [4.78, 5) is 38.8. The van der Waals surface area contributed by atoms with Crippen LogP contribution in [0.5, 0.6) is 11.6 Å². The molecular weight excluding hydrogens is 400 g/mol. The van der Waals surface area contributed by atoms with Gasteiger partial charge in [0.25, 0.3) is 11.6 Å². The molecule has 0 bridgehead atoms. The summed E-state index contributed by atoms with van der Waals surface area (Å²) in [5.74, 6) is 0.873. The van der Waals surface area contributed by atoms with Gasteiger partial charge < -0.3 is 19.4 Å². The molecule has 2 aliphatic rings. The number of benzene rings is 2. The number of ether oxygens (including phenoxy) is 1. The summed E-state index contributed by atoms with van der Waals surface area (Å²) in [6.45, 7) is 2.99. The van der Waals surface area contributed by atoms with E-state index in [9.17, 15) is 14.9 Å². The maximum Gasteiger partial charge on any atom is 0.273 e. The number of nitro groups is 1. The van der Waals surface area contributed by atoms with Gasteiger partial charge >= 0.3 is 0 Å². The molecule has 31 heavy (non-hydrogen) atoms. The highest BCUT2D eigenvalue weighted by Crippen LogP contribution is 2.46. The molecule has 0 saturated carbocycles. The summed E-state index contributed by atoms with van der Waals surface area (Å²) in [7, 11) is 2.03. The van der Waals surface area contributed by atoms with E-state index in [1.807, 2.05) is 36.2 Å². The summed E-state index contributed by atoms with van der Waals surface area (Å²) >= 11 is 0. The van der Waals surface area contributed by atoms with Crippen molar-refractivity contribution >= 4 is 34.1 Å². The molecule has 10 heteroatoms. The van der Waals surface area contributed by atoms with Gasteiger partial charge in [-0.15, -0.1) is 0 Å². The first-order valence-corrected chi connectivity index (χ1v) is 9.96. The minimum absolute atomic E-state index is 0.0396. The summed E-state index contributed by atoms with van der Waals surface area (Å²) in [5.41, 5.74) is 1.76. The van der Waals surface area contributed by atoms with E-state index in [1.54, 1.807) is 11.0 Å². The number of fused-ring (bicyclic) bond motifs is 3. The van der Waals surface area contributed by atoms with Crippen LogP contribution in [0.4, 0.5) is 17.2 Å². The molecule has 3 heterocycles. The normalized spacial score (nSPS) is 15.9. The molecule has 158 valence electrons. The molecule has 5 rings (SSSR count). The van der Waals surface area contributed by atoms with E-state index in [1.165, 1.54) is 12.1 Å². The van der Waals surface area contributed by atoms with Gasteiger partial charge in [0.1, 0.15) is 6.54 Å². The van der Waals surface area contributed by atoms with Crippen molar-refractivity contribution in [3.05, 3.63) is 52.6 Å². The molecule has 0 unspecified atom stereocenters. The van der Waals surface area contributed by atoms with Crippen molar-refractivity contribution in [2.75, 3.05) is 44.7 Å². The van der Waals surface area contributed by atoms with E-state index in [4.69, 9.17) is 4.74 Å². The summed E-state index contributed by atoms with van der Waals surface area (Å²) in [6, 6.07) is 11.7. The number of para-hydroxylation sites is 2. The van der Waals surface area contributed by atoms with E-state index < -0.39 is 4.92 Å². The van der Waals surface area contributed by atoms with Crippen LogP contribution in [0, 0.1) is 10.1 Å². The third kappa shape index (κ3) is 3.50. The topological polar surface area (TPSA) is 105 Å². The Kier molecular flexibility index (Phi) is 4.63. The van der Waals surface area contributed by atoms with Gasteiger partial charge in [-0.1, -0.05) is 12.1 Å². The first kappa shape index (κ1) is 19.2. The molecule has 0 aliphatic carbocycles. The fourth-order valence-electron chi connectivity index (χ4n) is 3.81. The molecule has 0 N–H and O–H groups in total. The van der Waals surface area contributed by atoms with Gasteiger partial charge in [0.05, 0.1) is 27.7 Å². The average molecular weight is 420 g/mol. The number of likely N-dealkylation sites (N-methyl/N-ethyl adjacent to an activating group) is 1. The Hall–Kier alpha value is -3.79. The fraction of sp³-hybridized carbons (Fsp3) is 0.286. The number of nitrogens with zero attached hydrogens (tertiary/aromatic N) is 6. The van der Waals surface area contributed by atoms with Crippen LogP contribution >= 0.6 is 0 Å². The molecule has 0 spiro atoms. The average Bonchev–Trinajstić information content (AvgIpc) is 2.77. The van der Waals surface area contributed by atoms with Crippen LogP contribution in [0.2, 0.25) is 0 Å². The van der Waals surface area contributed by atoms with Crippen LogP contribution in [0.1, 0.15) is 0 Å². The second kappa shape index (κ2) is 7.47. The minimum Gasteiger partial charge on any atom is -0.433 e. The van der Waals surface area contributed by atoms with Gasteiger partial charge in [-0.3, -0.25) is 14.9 Å². The molecule has 1 saturated heterocycles. The van der Waals surface area contributed by atoms with E-state index >= 15 is 0 Å². The molecule has 3 aromatic rings. The third-order valence-electron chi connectivity index (χ3n) is 5.58. The number of rotatable bonds is 3. The SMILES string of the molecule is CN1CCN(C(=O)CN2c3ccc([N+](=O)[O-])cc3Oc3nc4ccccc4nc32)CC1. The van der Waals surface area contributed by atoms with Gasteiger partial charge in [-0.05, 0) is 25.2 Å². The number of hydrogen-bond acceptors (Lipinski definition) is 8. The van der Waals surface area contributed by atoms with E-state index in [0.717, 1.165) is 13.1 Å². The van der Waals surface area contributed by atoms with Crippen molar-refractivity contribution in [2.24, 2.45) is 0 Å². The molecule has 1 amide bonds. The lowest BCUT2D eigenvalue weighted by molar-refractivity contribution is -0.384. The van der Waals surface area contributed by atoms with Crippen LogP contribution in [-0.4, -0.2) is 70.4 Å². The van der Waals surface area contributed by atoms with Crippen molar-refractivity contribution in [1.29, 1.82) is 0 Å². The number of aromatic nitrogens is 2. The van der Waals surface area contributed by atoms with Crippen LogP contribution in [-0.2, 0) is 4.79 Å². The number of piperazine rings is 1. The maximum atomic E-state index is 13.1. The highest BCUT2D eigenvalue weighted by molar-refractivity contribution is 5.89. The summed E-state index contributed by atoms with van der Waals surface area (Å²) in [5, 5.41) is 11.2. The molecule has 0 atom stereocenters. The van der Waals surface area contributed by atoms with E-state index in [2.05, 4.69) is 14.9 Å². The second-order valence-electron chi connectivity index (χ2n) is 7.62. The van der Waals surface area contributed by atoms with Gasteiger partial charge in [0.2, 0.25) is 5.91 Å². The number of nitro benzene ring substituents is 1. The predicted octanol–water partition coefficient (Wildman–Crippen LogP) is 2.56. The molecule has 2 aliphatic heterocycles. The van der Waals surface area contributed by atoms with Gasteiger partial charge in [0.15, 0.2) is 11.6 Å². The Morgan fingerprint density at radius 3 is 2.52 bits per heavy atom. The van der Waals surface area contributed by atoms with Gasteiger partial charge in [-0.2, -0.15) is 0 Å². The second-order valence-corrected chi connectivity index (χ2v) is 7.62. The zero-order chi connectivity index (χ0) is 21.5. The number of amides is 1. The van der Waals surface area contributed by atoms with Crippen molar-refractivity contribution in [3.63, 3.8) is 0 Å². The Morgan fingerprint density at radius 1 is 1.10 bits per heavy atom. The van der Waals surface area contributed by atoms with Crippen LogP contribution in [0.25, 0.3) is 11.0 Å². The maximum absolute atomic E-state index is 13.1. The van der Waals surface area contributed by atoms with Crippen molar-refractivity contribution in [3.8, 4) is 11.6 Å². The summed E-state index contributed by atoms with van der Waals surface area (Å²) < 4.78 is 5.90. The lowest BCUT2D eigenvalue weighted by atomic mass is 10.2. The Balaban J connectivity index is 1.56. The Labute approximate surface area is 177 Å². The lowest BCUT2D eigenvalue weighted by Gasteiger charge is -2.35. The molecule has 2 aromatic carbocycles. The van der Waals surface area contributed by atoms with Crippen molar-refractivity contribution in [1.82, 2.24) is 19.8 Å². The fourth-order valence-corrected chi connectivity index (χ4v) is 3.81. The van der Waals surface area contributed by atoms with Gasteiger partial charge in [0, 0.05) is 32.2 Å². The summed E-state index contributed by atoms with van der Waals surface area (Å²) in [6.07, 6.45) is 0. The van der Waals surface area contributed by atoms with Crippen LogP contribution in [0.15, 0.2) is 42.5 Å². The zero-order valence-electron chi connectivity index (χ0n) is 16.9. The monoisotopic (exact) mass is 420 g/mol. The highest BCUT2D eigenvalue weighted by atomic mass is 16.6. The third-order valence-corrected chi connectivity index (χ3v) is 5.58. The van der Waals surface area contributed by atoms with Crippen LogP contribution in [0.3, 0.4) is 0 Å². The molecule has 1 aromatic heterocycles. The minimum atomic E-state index is -0.481. The number of carbonyl (C=O) groups excluding carboxylic acids is 1. The predicted molar refractivity (Wildman–Crippen MR) is 114 cm³/mol. The number of non-ortho nitro benzene ring substituents is 1.